The van der Waals surface area contributed by atoms with E-state index < -0.39 is 0 Å². The van der Waals surface area contributed by atoms with Gasteiger partial charge < -0.3 is 5.11 Å². The van der Waals surface area contributed by atoms with Crippen molar-refractivity contribution in [1.29, 1.82) is 0 Å². The molecular weight excluding hydrogens is 192 g/mol. The maximum atomic E-state index is 8.57. The number of hydrogen-bond donors (Lipinski definition) is 3. The van der Waals surface area contributed by atoms with Gasteiger partial charge in [-0.05, 0) is 6.42 Å². The molecule has 0 atom stereocenters. The van der Waals surface area contributed by atoms with E-state index in [9.17, 15) is 0 Å². The highest BCUT2D eigenvalue weighted by atomic mass is 17.0. The van der Waals surface area contributed by atoms with Gasteiger partial charge in [-0.3, -0.25) is 10.5 Å². The van der Waals surface area contributed by atoms with Crippen molar-refractivity contribution in [2.24, 2.45) is 0 Å². The third-order valence-corrected chi connectivity index (χ3v) is 2.51. The summed E-state index contributed by atoms with van der Waals surface area (Å²) < 4.78 is 0. The van der Waals surface area contributed by atoms with Crippen LogP contribution in [0.1, 0.15) is 71.1 Å². The van der Waals surface area contributed by atoms with Crippen molar-refractivity contribution in [1.82, 2.24) is 0 Å². The first-order valence-electron chi connectivity index (χ1n) is 6.22. The van der Waals surface area contributed by atoms with Crippen LogP contribution in [0.2, 0.25) is 0 Å². The smallest absolute Gasteiger partial charge is 0.0431 e. The van der Waals surface area contributed by atoms with Gasteiger partial charge in [0.1, 0.15) is 0 Å². The number of aliphatic hydroxyl groups is 1. The van der Waals surface area contributed by atoms with Gasteiger partial charge in [0.2, 0.25) is 0 Å². The van der Waals surface area contributed by atoms with Gasteiger partial charge in [0.25, 0.3) is 0 Å². The summed E-state index contributed by atoms with van der Waals surface area (Å²) in [5, 5.41) is 20.6. The minimum atomic E-state index is 0.372. The lowest BCUT2D eigenvalue weighted by atomic mass is 10.1. The Bertz CT molecular complexity index is 76.9. The Balaban J connectivity index is 0. The molecule has 0 aliphatic heterocycles. The van der Waals surface area contributed by atoms with E-state index in [0.29, 0.717) is 6.61 Å². The molecule has 0 heterocycles. The van der Waals surface area contributed by atoms with Crippen LogP contribution in [0, 0.1) is 0 Å². The molecule has 3 heteroatoms. The van der Waals surface area contributed by atoms with Crippen molar-refractivity contribution >= 4 is 0 Å². The maximum Gasteiger partial charge on any atom is 0.0431 e. The molecule has 0 aromatic carbocycles. The minimum absolute atomic E-state index is 0.372. The van der Waals surface area contributed by atoms with Crippen molar-refractivity contribution in [3.8, 4) is 0 Å². The molecule has 0 aliphatic carbocycles. The Morgan fingerprint density at radius 1 is 0.600 bits per heavy atom. The van der Waals surface area contributed by atoms with Crippen molar-refractivity contribution in [3.63, 3.8) is 0 Å². The van der Waals surface area contributed by atoms with Crippen LogP contribution in [-0.4, -0.2) is 22.2 Å². The number of aliphatic hydroxyl groups excluding tert-OH is 1. The number of hydrogen-bond acceptors (Lipinski definition) is 3. The van der Waals surface area contributed by atoms with Crippen molar-refractivity contribution in [2.75, 3.05) is 6.61 Å². The molecule has 0 aliphatic rings. The van der Waals surface area contributed by atoms with E-state index in [4.69, 9.17) is 15.6 Å². The normalized spacial score (nSPS) is 9.60. The zero-order chi connectivity index (χ0) is 11.8. The molecule has 0 saturated carbocycles. The fraction of sp³-hybridized carbons (Fsp3) is 1.00. The van der Waals surface area contributed by atoms with Crippen LogP contribution in [0.15, 0.2) is 0 Å². The maximum absolute atomic E-state index is 8.57. The van der Waals surface area contributed by atoms with E-state index in [2.05, 4.69) is 6.92 Å². The second-order valence-corrected chi connectivity index (χ2v) is 3.91. The summed E-state index contributed by atoms with van der Waals surface area (Å²) in [6.45, 7) is 2.63. The van der Waals surface area contributed by atoms with Crippen LogP contribution in [0.3, 0.4) is 0 Å². The fourth-order valence-electron chi connectivity index (χ4n) is 1.60. The quantitative estimate of drug-likeness (QED) is 0.297. The summed E-state index contributed by atoms with van der Waals surface area (Å²) in [7, 11) is 0. The third-order valence-electron chi connectivity index (χ3n) is 2.51. The third kappa shape index (κ3) is 20.1. The Morgan fingerprint density at radius 2 is 0.933 bits per heavy atom. The zero-order valence-electron chi connectivity index (χ0n) is 10.1. The molecule has 0 rings (SSSR count). The van der Waals surface area contributed by atoms with Crippen LogP contribution in [0.5, 0.6) is 0 Å². The highest BCUT2D eigenvalue weighted by Crippen LogP contribution is 2.09. The Kier molecular flexibility index (Phi) is 22.4. The van der Waals surface area contributed by atoms with Gasteiger partial charge >= 0.3 is 0 Å². The monoisotopic (exact) mass is 220 g/mol. The Hall–Kier alpha value is -0.120. The van der Waals surface area contributed by atoms with Gasteiger partial charge in [0.05, 0.1) is 0 Å². The van der Waals surface area contributed by atoms with Crippen LogP contribution in [0.4, 0.5) is 0 Å². The molecule has 3 nitrogen and oxygen atoms in total. The molecule has 0 saturated heterocycles. The van der Waals surface area contributed by atoms with E-state index in [1.165, 1.54) is 57.8 Å². The molecule has 0 bridgehead atoms. The predicted molar refractivity (Wildman–Crippen MR) is 64.2 cm³/mol. The molecular formula is C12H28O3. The molecule has 0 aromatic heterocycles. The van der Waals surface area contributed by atoms with Crippen LogP contribution in [0.25, 0.3) is 0 Å². The molecule has 0 unspecified atom stereocenters. The Morgan fingerprint density at radius 3 is 1.27 bits per heavy atom. The number of rotatable bonds is 10. The topological polar surface area (TPSA) is 60.7 Å². The van der Waals surface area contributed by atoms with Gasteiger partial charge in [0.15, 0.2) is 0 Å². The molecule has 15 heavy (non-hydrogen) atoms. The standard InChI is InChI=1S/C12H26O.H2O2/c1-2-3-4-5-6-7-8-9-10-11-12-13;1-2/h13H,2-12H2,1H3;1-2H. The molecule has 0 aromatic rings. The largest absolute Gasteiger partial charge is 0.396 e. The summed E-state index contributed by atoms with van der Waals surface area (Å²) >= 11 is 0. The van der Waals surface area contributed by atoms with E-state index in [0.717, 1.165) is 6.42 Å². The van der Waals surface area contributed by atoms with Crippen molar-refractivity contribution in [2.45, 2.75) is 71.1 Å². The molecule has 0 spiro atoms. The van der Waals surface area contributed by atoms with Crippen molar-refractivity contribution < 1.29 is 15.6 Å². The highest BCUT2D eigenvalue weighted by molar-refractivity contribution is 4.46. The average Bonchev–Trinajstić information content (AvgIpc) is 2.30. The number of unbranched alkanes of at least 4 members (excludes halogenated alkanes) is 9. The van der Waals surface area contributed by atoms with E-state index in [1.54, 1.807) is 0 Å². The Labute approximate surface area is 94.1 Å². The predicted octanol–water partition coefficient (Wildman–Crippen LogP) is 3.92. The van der Waals surface area contributed by atoms with Gasteiger partial charge in [-0.1, -0.05) is 64.7 Å². The van der Waals surface area contributed by atoms with Crippen molar-refractivity contribution in [3.05, 3.63) is 0 Å². The molecule has 3 N–H and O–H groups in total. The highest BCUT2D eigenvalue weighted by Gasteiger charge is 1.91. The van der Waals surface area contributed by atoms with E-state index >= 15 is 0 Å². The van der Waals surface area contributed by atoms with Crippen LogP contribution < -0.4 is 0 Å². The lowest BCUT2D eigenvalue weighted by molar-refractivity contribution is -0.176. The van der Waals surface area contributed by atoms with Crippen LogP contribution >= 0.6 is 0 Å². The van der Waals surface area contributed by atoms with Gasteiger partial charge in [-0.2, -0.15) is 0 Å². The van der Waals surface area contributed by atoms with Gasteiger partial charge in [-0.15, -0.1) is 0 Å². The molecule has 94 valence electrons. The lowest BCUT2D eigenvalue weighted by Crippen LogP contribution is -1.84. The summed E-state index contributed by atoms with van der Waals surface area (Å²) in [6.07, 6.45) is 13.3. The second-order valence-electron chi connectivity index (χ2n) is 3.91. The fourth-order valence-corrected chi connectivity index (χ4v) is 1.60. The SMILES string of the molecule is CCCCCCCCCCCCO.OO. The van der Waals surface area contributed by atoms with Gasteiger partial charge in [-0.25, -0.2) is 0 Å². The zero-order valence-corrected chi connectivity index (χ0v) is 10.1. The van der Waals surface area contributed by atoms with E-state index in [-0.39, 0.29) is 0 Å². The minimum Gasteiger partial charge on any atom is -0.396 e. The average molecular weight is 220 g/mol. The van der Waals surface area contributed by atoms with E-state index in [1.807, 2.05) is 0 Å². The molecule has 0 radical (unpaired) electrons. The second kappa shape index (κ2) is 19.5. The first-order valence-corrected chi connectivity index (χ1v) is 6.22. The molecule has 0 fully saturated rings. The first-order chi connectivity index (χ1) is 7.41. The summed E-state index contributed by atoms with van der Waals surface area (Å²) in [5.41, 5.74) is 0. The lowest BCUT2D eigenvalue weighted by Gasteiger charge is -2.00. The first kappa shape index (κ1) is 17.3. The summed E-state index contributed by atoms with van der Waals surface area (Å²) in [6, 6.07) is 0. The summed E-state index contributed by atoms with van der Waals surface area (Å²) in [4.78, 5) is 0. The van der Waals surface area contributed by atoms with Crippen LogP contribution in [-0.2, 0) is 0 Å². The summed E-state index contributed by atoms with van der Waals surface area (Å²) in [5.74, 6) is 0. The molecule has 0 amide bonds. The van der Waals surface area contributed by atoms with Gasteiger partial charge in [0, 0.05) is 6.61 Å².